The van der Waals surface area contributed by atoms with Gasteiger partial charge in [-0.2, -0.15) is 0 Å². The maximum absolute atomic E-state index is 12.6. The van der Waals surface area contributed by atoms with Crippen molar-refractivity contribution in [1.29, 1.82) is 0 Å². The molecule has 8 nitrogen and oxygen atoms in total. The number of hydrogen-bond acceptors (Lipinski definition) is 6. The Morgan fingerprint density at radius 1 is 0.852 bits per heavy atom. The third kappa shape index (κ3) is 3.48. The van der Waals surface area contributed by atoms with Gasteiger partial charge in [0.1, 0.15) is 18.2 Å². The van der Waals surface area contributed by atoms with Crippen LogP contribution >= 0.6 is 0 Å². The molecule has 0 aliphatic carbocycles. The second-order valence-corrected chi connectivity index (χ2v) is 7.26. The lowest BCUT2D eigenvalue weighted by Gasteiger charge is -2.42. The van der Waals surface area contributed by atoms with E-state index in [1.54, 1.807) is 12.5 Å². The summed E-state index contributed by atoms with van der Waals surface area (Å²) in [6.45, 7) is 1.28. The van der Waals surface area contributed by atoms with E-state index >= 15 is 0 Å². The van der Waals surface area contributed by atoms with Crippen LogP contribution in [0.15, 0.2) is 33.7 Å². The van der Waals surface area contributed by atoms with Crippen molar-refractivity contribution < 1.29 is 18.6 Å². The molecule has 2 aromatic rings. The van der Waals surface area contributed by atoms with E-state index in [-0.39, 0.29) is 11.8 Å². The van der Waals surface area contributed by atoms with Crippen molar-refractivity contribution >= 4 is 11.8 Å². The van der Waals surface area contributed by atoms with Gasteiger partial charge in [0, 0.05) is 38.1 Å². The number of nitrogens with zero attached hydrogens (tertiary/aromatic N) is 4. The first kappa shape index (κ1) is 17.8. The molecule has 2 aliphatic rings. The van der Waals surface area contributed by atoms with Gasteiger partial charge in [0.05, 0.1) is 11.4 Å². The van der Waals surface area contributed by atoms with Gasteiger partial charge in [-0.15, -0.1) is 0 Å². The minimum atomic E-state index is -0.443. The van der Waals surface area contributed by atoms with Gasteiger partial charge in [-0.1, -0.05) is 10.3 Å². The van der Waals surface area contributed by atoms with E-state index in [0.29, 0.717) is 25.9 Å². The van der Waals surface area contributed by atoms with E-state index in [4.69, 9.17) is 9.05 Å². The molecular weight excluding hydrogens is 348 g/mol. The third-order valence-corrected chi connectivity index (χ3v) is 5.70. The summed E-state index contributed by atoms with van der Waals surface area (Å²) in [6, 6.07) is 3.69. The molecule has 4 heterocycles. The largest absolute Gasteiger partial charge is 0.365 e. The minimum Gasteiger partial charge on any atom is -0.365 e. The normalized spacial score (nSPS) is 19.0. The first-order valence-electron chi connectivity index (χ1n) is 9.58. The summed E-state index contributed by atoms with van der Waals surface area (Å²) in [5.74, 6) is 0.290. The second-order valence-electron chi connectivity index (χ2n) is 7.26. The van der Waals surface area contributed by atoms with E-state index in [9.17, 15) is 9.59 Å². The van der Waals surface area contributed by atoms with Gasteiger partial charge in [0.25, 0.3) is 0 Å². The average Bonchev–Trinajstić information content (AvgIpc) is 3.44. The Labute approximate surface area is 157 Å². The van der Waals surface area contributed by atoms with Gasteiger partial charge in [0.2, 0.25) is 11.8 Å². The van der Waals surface area contributed by atoms with Crippen LogP contribution in [0.1, 0.15) is 49.9 Å². The molecule has 0 N–H and O–H groups in total. The highest BCUT2D eigenvalue weighted by molar-refractivity contribution is 5.85. The van der Waals surface area contributed by atoms with Crippen LogP contribution in [0.25, 0.3) is 0 Å². The van der Waals surface area contributed by atoms with Crippen molar-refractivity contribution in [2.24, 2.45) is 0 Å². The maximum atomic E-state index is 12.6. The number of amides is 2. The van der Waals surface area contributed by atoms with Crippen LogP contribution in [0.2, 0.25) is 0 Å². The highest BCUT2D eigenvalue weighted by atomic mass is 16.5. The molecule has 2 fully saturated rings. The molecule has 0 bridgehead atoms. The summed E-state index contributed by atoms with van der Waals surface area (Å²) in [5, 5.41) is 7.85. The molecule has 0 aromatic carbocycles. The van der Waals surface area contributed by atoms with Gasteiger partial charge in [-0.05, 0) is 38.5 Å². The maximum Gasteiger partial charge on any atom is 0.224 e. The zero-order valence-corrected chi connectivity index (χ0v) is 15.3. The van der Waals surface area contributed by atoms with Crippen molar-refractivity contribution in [2.45, 2.75) is 57.0 Å². The van der Waals surface area contributed by atoms with Crippen molar-refractivity contribution in [3.63, 3.8) is 0 Å². The molecule has 27 heavy (non-hydrogen) atoms. The van der Waals surface area contributed by atoms with Gasteiger partial charge < -0.3 is 18.8 Å². The van der Waals surface area contributed by atoms with E-state index in [1.807, 2.05) is 21.9 Å². The average molecular weight is 372 g/mol. The number of carbonyl (C=O) groups is 2. The molecule has 0 unspecified atom stereocenters. The molecule has 2 aliphatic heterocycles. The molecule has 2 aromatic heterocycles. The van der Waals surface area contributed by atoms with Gasteiger partial charge in [0.15, 0.2) is 0 Å². The number of aromatic nitrogens is 2. The number of aryl methyl sites for hydroxylation is 2. The Morgan fingerprint density at radius 3 is 1.74 bits per heavy atom. The summed E-state index contributed by atoms with van der Waals surface area (Å²) in [4.78, 5) is 29.0. The van der Waals surface area contributed by atoms with Crippen LogP contribution in [0.4, 0.5) is 0 Å². The summed E-state index contributed by atoms with van der Waals surface area (Å²) < 4.78 is 9.72. The fourth-order valence-corrected chi connectivity index (χ4v) is 4.39. The SMILES string of the molecule is O=C1CCC2(CCC(=O)N2CCCc2ccon2)N1CCCc1ccon1. The summed E-state index contributed by atoms with van der Waals surface area (Å²) in [5.41, 5.74) is 1.34. The number of likely N-dealkylation sites (tertiary alicyclic amines) is 2. The lowest BCUT2D eigenvalue weighted by atomic mass is 10.0. The molecule has 0 radical (unpaired) electrons. The Kier molecular flexibility index (Phi) is 4.96. The number of carbonyl (C=O) groups excluding carboxylic acids is 2. The van der Waals surface area contributed by atoms with Crippen molar-refractivity contribution in [3.8, 4) is 0 Å². The van der Waals surface area contributed by atoms with Crippen LogP contribution in [0, 0.1) is 0 Å². The molecule has 1 spiro atoms. The zero-order chi connectivity index (χ0) is 18.7. The smallest absolute Gasteiger partial charge is 0.224 e. The Morgan fingerprint density at radius 2 is 1.33 bits per heavy atom. The zero-order valence-electron chi connectivity index (χ0n) is 15.3. The highest BCUT2D eigenvalue weighted by Gasteiger charge is 2.54. The molecule has 4 rings (SSSR count). The van der Waals surface area contributed by atoms with E-state index in [0.717, 1.165) is 49.9 Å². The Bertz CT molecular complexity index is 705. The molecule has 2 saturated heterocycles. The van der Waals surface area contributed by atoms with Crippen molar-refractivity contribution in [2.75, 3.05) is 13.1 Å². The van der Waals surface area contributed by atoms with Crippen LogP contribution in [-0.4, -0.2) is 50.7 Å². The van der Waals surface area contributed by atoms with Gasteiger partial charge in [-0.3, -0.25) is 9.59 Å². The monoisotopic (exact) mass is 372 g/mol. The molecule has 2 amide bonds. The number of rotatable bonds is 8. The summed E-state index contributed by atoms with van der Waals surface area (Å²) >= 11 is 0. The van der Waals surface area contributed by atoms with Gasteiger partial charge in [-0.25, -0.2) is 0 Å². The Balaban J connectivity index is 1.40. The standard InChI is InChI=1S/C19H24N4O4/c24-17-5-9-19(22(17)11-1-3-15-7-13-26-20-15)10-6-18(25)23(19)12-2-4-16-8-14-27-21-16/h7-8,13-14H,1-6,9-12H2. The van der Waals surface area contributed by atoms with Crippen LogP contribution in [0.5, 0.6) is 0 Å². The van der Waals surface area contributed by atoms with E-state index < -0.39 is 5.66 Å². The molecular formula is C19H24N4O4. The highest BCUT2D eigenvalue weighted by Crippen LogP contribution is 2.42. The number of hydrogen-bond donors (Lipinski definition) is 0. The molecule has 144 valence electrons. The molecule has 8 heteroatoms. The lowest BCUT2D eigenvalue weighted by molar-refractivity contribution is -0.143. The van der Waals surface area contributed by atoms with Crippen molar-refractivity contribution in [1.82, 2.24) is 20.1 Å². The van der Waals surface area contributed by atoms with Crippen LogP contribution in [-0.2, 0) is 22.4 Å². The predicted octanol–water partition coefficient (Wildman–Crippen LogP) is 2.17. The first-order valence-corrected chi connectivity index (χ1v) is 9.58. The fourth-order valence-electron chi connectivity index (χ4n) is 4.39. The lowest BCUT2D eigenvalue weighted by Crippen LogP contribution is -2.56. The van der Waals surface area contributed by atoms with Crippen molar-refractivity contribution in [3.05, 3.63) is 36.0 Å². The van der Waals surface area contributed by atoms with Gasteiger partial charge >= 0.3 is 0 Å². The van der Waals surface area contributed by atoms with E-state index in [1.165, 1.54) is 0 Å². The second kappa shape index (κ2) is 7.54. The summed E-state index contributed by atoms with van der Waals surface area (Å²) in [6.07, 6.45) is 8.73. The third-order valence-electron chi connectivity index (χ3n) is 5.70. The summed E-state index contributed by atoms with van der Waals surface area (Å²) in [7, 11) is 0. The fraction of sp³-hybridized carbons (Fsp3) is 0.579. The van der Waals surface area contributed by atoms with Crippen LogP contribution in [0.3, 0.4) is 0 Å². The minimum absolute atomic E-state index is 0.145. The first-order chi connectivity index (χ1) is 13.2. The quantitative estimate of drug-likeness (QED) is 0.705. The molecule has 0 atom stereocenters. The predicted molar refractivity (Wildman–Crippen MR) is 94.3 cm³/mol. The molecule has 0 saturated carbocycles. The van der Waals surface area contributed by atoms with E-state index in [2.05, 4.69) is 10.3 Å². The Hall–Kier alpha value is -2.64. The van der Waals surface area contributed by atoms with Crippen LogP contribution < -0.4 is 0 Å². The topological polar surface area (TPSA) is 92.7 Å².